The summed E-state index contributed by atoms with van der Waals surface area (Å²) in [4.78, 5) is 84.9. The Morgan fingerprint density at radius 3 is 2.02 bits per heavy atom. The van der Waals surface area contributed by atoms with E-state index in [1.165, 1.54) is 18.2 Å². The van der Waals surface area contributed by atoms with Crippen molar-refractivity contribution in [3.8, 4) is 0 Å². The van der Waals surface area contributed by atoms with Gasteiger partial charge in [-0.15, -0.1) is 0 Å². The summed E-state index contributed by atoms with van der Waals surface area (Å²) in [6.45, 7) is 3.53. The molecule has 0 unspecified atom stereocenters. The SMILES string of the molecule is CC(=O)OC[C@H]1O[C@H](c2ccc(COC(=O)O)cc2N2CCC(=O)C2=O)[C@H](OC(C)=O)[C@@H](OC(C)=O)[C@H]1OC(C)=O. The van der Waals surface area contributed by atoms with E-state index in [1.54, 1.807) is 0 Å². The number of hydrogen-bond acceptors (Lipinski definition) is 13. The number of amides is 1. The zero-order valence-electron chi connectivity index (χ0n) is 22.6. The number of nitrogens with zero attached hydrogens (tertiary/aromatic N) is 1. The van der Waals surface area contributed by atoms with Crippen LogP contribution >= 0.6 is 0 Å². The molecule has 0 radical (unpaired) electrons. The van der Waals surface area contributed by atoms with Gasteiger partial charge in [-0.2, -0.15) is 0 Å². The number of carbonyl (C=O) groups is 7. The van der Waals surface area contributed by atoms with Gasteiger partial charge in [0.15, 0.2) is 18.3 Å². The maximum Gasteiger partial charge on any atom is 0.506 e. The number of ether oxygens (including phenoxy) is 6. The topological polar surface area (TPSA) is 198 Å². The first-order valence-electron chi connectivity index (χ1n) is 12.4. The summed E-state index contributed by atoms with van der Waals surface area (Å²) in [6, 6.07) is 4.30. The van der Waals surface area contributed by atoms with Gasteiger partial charge in [-0.05, 0) is 11.6 Å². The van der Waals surface area contributed by atoms with Gasteiger partial charge in [0.05, 0.1) is 5.69 Å². The molecule has 3 rings (SSSR count). The Kier molecular flexibility index (Phi) is 9.99. The molecule has 15 heteroatoms. The van der Waals surface area contributed by atoms with Crippen LogP contribution in [0.2, 0.25) is 0 Å². The van der Waals surface area contributed by atoms with Crippen LogP contribution in [0.1, 0.15) is 51.3 Å². The van der Waals surface area contributed by atoms with Crippen molar-refractivity contribution in [2.24, 2.45) is 0 Å². The standard InChI is InChI=1S/C26H29NO14/c1-12(28)36-11-20-22(38-13(2)29)24(40-15(4)31)23(39-14(3)30)21(41-20)17-6-5-16(10-37-26(34)35)9-18(17)27-8-7-19(32)25(27)33/h5-6,9,20-24H,7-8,10-11H2,1-4H3,(H,34,35)/t20-,21-,22+,23+,24+/m1/s1. The highest BCUT2D eigenvalue weighted by atomic mass is 16.7. The van der Waals surface area contributed by atoms with Gasteiger partial charge in [-0.3, -0.25) is 28.8 Å². The van der Waals surface area contributed by atoms with Crippen LogP contribution in [0.15, 0.2) is 18.2 Å². The lowest BCUT2D eigenvalue weighted by Gasteiger charge is -2.45. The molecule has 1 amide bonds. The zero-order valence-corrected chi connectivity index (χ0v) is 22.6. The molecule has 0 spiro atoms. The molecule has 5 atom stereocenters. The van der Waals surface area contributed by atoms with E-state index in [0.717, 1.165) is 32.6 Å². The molecule has 2 aliphatic heterocycles. The fourth-order valence-electron chi connectivity index (χ4n) is 4.58. The van der Waals surface area contributed by atoms with Crippen LogP contribution in [-0.2, 0) is 63.8 Å². The van der Waals surface area contributed by atoms with E-state index in [1.807, 2.05) is 0 Å². The fourth-order valence-corrected chi connectivity index (χ4v) is 4.58. The minimum atomic E-state index is -1.54. The Morgan fingerprint density at radius 1 is 0.878 bits per heavy atom. The third-order valence-corrected chi connectivity index (χ3v) is 6.09. The van der Waals surface area contributed by atoms with Crippen molar-refractivity contribution in [3.63, 3.8) is 0 Å². The van der Waals surface area contributed by atoms with E-state index >= 15 is 0 Å². The van der Waals surface area contributed by atoms with Gasteiger partial charge in [-0.1, -0.05) is 12.1 Å². The molecular formula is C26H29NO14. The van der Waals surface area contributed by atoms with E-state index in [4.69, 9.17) is 28.8 Å². The number of esters is 4. The fraction of sp³-hybridized carbons (Fsp3) is 0.500. The van der Waals surface area contributed by atoms with Crippen LogP contribution in [-0.4, -0.2) is 84.4 Å². The Labute approximate surface area is 233 Å². The first-order chi connectivity index (χ1) is 19.3. The normalized spacial score (nSPS) is 23.9. The third-order valence-electron chi connectivity index (χ3n) is 6.09. The van der Waals surface area contributed by atoms with Crippen LogP contribution in [0.3, 0.4) is 0 Å². The third kappa shape index (κ3) is 7.78. The predicted molar refractivity (Wildman–Crippen MR) is 132 cm³/mol. The second-order valence-corrected chi connectivity index (χ2v) is 9.20. The number of benzene rings is 1. The van der Waals surface area contributed by atoms with Crippen LogP contribution in [0.25, 0.3) is 0 Å². The van der Waals surface area contributed by atoms with Crippen molar-refractivity contribution >= 4 is 47.4 Å². The monoisotopic (exact) mass is 579 g/mol. The zero-order chi connectivity index (χ0) is 30.4. The lowest BCUT2D eigenvalue weighted by molar-refractivity contribution is -0.254. The molecule has 41 heavy (non-hydrogen) atoms. The van der Waals surface area contributed by atoms with Gasteiger partial charge < -0.3 is 38.4 Å². The van der Waals surface area contributed by atoms with E-state index in [2.05, 4.69) is 4.74 Å². The minimum Gasteiger partial charge on any atom is -0.463 e. The van der Waals surface area contributed by atoms with Crippen molar-refractivity contribution in [2.75, 3.05) is 18.1 Å². The molecule has 0 aromatic heterocycles. The molecule has 1 aromatic carbocycles. The molecule has 1 aromatic rings. The number of rotatable bonds is 9. The van der Waals surface area contributed by atoms with Crippen LogP contribution in [0.4, 0.5) is 10.5 Å². The highest BCUT2D eigenvalue weighted by Gasteiger charge is 2.53. The second-order valence-electron chi connectivity index (χ2n) is 9.20. The summed E-state index contributed by atoms with van der Waals surface area (Å²) in [5.41, 5.74) is 0.585. The average Bonchev–Trinajstić information content (AvgIpc) is 3.21. The van der Waals surface area contributed by atoms with Gasteiger partial charge in [0.1, 0.15) is 25.4 Å². The number of hydrogen-bond donors (Lipinski definition) is 1. The Hall–Kier alpha value is -4.53. The van der Waals surface area contributed by atoms with Gasteiger partial charge in [0.25, 0.3) is 5.91 Å². The summed E-state index contributed by atoms with van der Waals surface area (Å²) in [5.74, 6) is -4.63. The summed E-state index contributed by atoms with van der Waals surface area (Å²) in [5, 5.41) is 8.90. The van der Waals surface area contributed by atoms with Crippen LogP contribution in [0.5, 0.6) is 0 Å². The summed E-state index contributed by atoms with van der Waals surface area (Å²) in [7, 11) is 0. The van der Waals surface area contributed by atoms with Gasteiger partial charge >= 0.3 is 30.0 Å². The molecule has 1 N–H and O–H groups in total. The molecule has 15 nitrogen and oxygen atoms in total. The Bertz CT molecular complexity index is 1240. The second kappa shape index (κ2) is 13.2. The summed E-state index contributed by atoms with van der Waals surface area (Å²) in [6.07, 6.45) is -8.51. The van der Waals surface area contributed by atoms with E-state index in [0.29, 0.717) is 5.56 Å². The van der Waals surface area contributed by atoms with Crippen molar-refractivity contribution in [1.82, 2.24) is 0 Å². The molecule has 0 saturated carbocycles. The molecule has 0 aliphatic carbocycles. The van der Waals surface area contributed by atoms with Crippen molar-refractivity contribution in [3.05, 3.63) is 29.3 Å². The molecule has 2 aliphatic rings. The first kappa shape index (κ1) is 31.0. The maximum absolute atomic E-state index is 12.7. The van der Waals surface area contributed by atoms with Crippen molar-refractivity contribution < 1.29 is 67.1 Å². The number of carbonyl (C=O) groups excluding carboxylic acids is 6. The van der Waals surface area contributed by atoms with Crippen molar-refractivity contribution in [2.45, 2.75) is 71.2 Å². The van der Waals surface area contributed by atoms with Gasteiger partial charge in [0, 0.05) is 46.2 Å². The number of anilines is 1. The Morgan fingerprint density at radius 2 is 1.49 bits per heavy atom. The number of ketones is 1. The molecule has 2 fully saturated rings. The average molecular weight is 580 g/mol. The molecule has 222 valence electrons. The van der Waals surface area contributed by atoms with Crippen LogP contribution in [0, 0.1) is 0 Å². The summed E-state index contributed by atoms with van der Waals surface area (Å²) < 4.78 is 32.3. The highest BCUT2D eigenvalue weighted by Crippen LogP contribution is 2.42. The highest BCUT2D eigenvalue weighted by molar-refractivity contribution is 6.43. The van der Waals surface area contributed by atoms with Gasteiger partial charge in [0.2, 0.25) is 5.78 Å². The maximum atomic E-state index is 12.7. The quantitative estimate of drug-likeness (QED) is 0.247. The largest absolute Gasteiger partial charge is 0.506 e. The molecule has 2 saturated heterocycles. The van der Waals surface area contributed by atoms with E-state index in [-0.39, 0.29) is 24.2 Å². The van der Waals surface area contributed by atoms with E-state index in [9.17, 15) is 33.6 Å². The minimum absolute atomic E-state index is 0.0147. The van der Waals surface area contributed by atoms with Gasteiger partial charge in [-0.25, -0.2) is 4.79 Å². The summed E-state index contributed by atoms with van der Waals surface area (Å²) >= 11 is 0. The molecular weight excluding hydrogens is 550 g/mol. The van der Waals surface area contributed by atoms with E-state index < -0.39 is 85.5 Å². The first-order valence-corrected chi connectivity index (χ1v) is 12.4. The molecule has 0 bridgehead atoms. The molecule has 2 heterocycles. The number of Topliss-reactive ketones (excluding diaryl/α,β-unsaturated/α-hetero) is 1. The smallest absolute Gasteiger partial charge is 0.463 e. The number of carboxylic acid groups (broad SMARTS) is 1. The van der Waals surface area contributed by atoms with Crippen LogP contribution < -0.4 is 4.90 Å². The predicted octanol–water partition coefficient (Wildman–Crippen LogP) is 0.985. The van der Waals surface area contributed by atoms with Crippen molar-refractivity contribution in [1.29, 1.82) is 0 Å². The lowest BCUT2D eigenvalue weighted by Crippen LogP contribution is -2.59. The Balaban J connectivity index is 2.19. The lowest BCUT2D eigenvalue weighted by atomic mass is 9.89.